The van der Waals surface area contributed by atoms with Crippen molar-refractivity contribution < 1.29 is 4.74 Å². The molecule has 0 saturated carbocycles. The standard InChI is InChI=1S/C22H23ClN2O/c23-20-7-9-21(10-8-20)26-14-12-24-11-13-25-15-18-5-1-3-17-4-2-6-19(16-25)22(17)18/h1-10,24H,11-16H2. The minimum absolute atomic E-state index is 0.657. The van der Waals surface area contributed by atoms with Crippen molar-refractivity contribution in [1.29, 1.82) is 0 Å². The zero-order valence-electron chi connectivity index (χ0n) is 14.7. The van der Waals surface area contributed by atoms with Gasteiger partial charge in [0.05, 0.1) is 0 Å². The number of nitrogens with zero attached hydrogens (tertiary/aromatic N) is 1. The minimum atomic E-state index is 0.657. The normalized spacial score (nSPS) is 13.9. The van der Waals surface area contributed by atoms with E-state index < -0.39 is 0 Å². The van der Waals surface area contributed by atoms with Crippen molar-refractivity contribution >= 4 is 22.4 Å². The van der Waals surface area contributed by atoms with E-state index in [-0.39, 0.29) is 0 Å². The van der Waals surface area contributed by atoms with Gasteiger partial charge in [0.25, 0.3) is 0 Å². The Kier molecular flexibility index (Phi) is 5.40. The molecule has 0 radical (unpaired) electrons. The van der Waals surface area contributed by atoms with Gasteiger partial charge < -0.3 is 10.1 Å². The van der Waals surface area contributed by atoms with Crippen molar-refractivity contribution in [3.63, 3.8) is 0 Å². The third-order valence-corrected chi connectivity index (χ3v) is 5.08. The maximum Gasteiger partial charge on any atom is 0.119 e. The Morgan fingerprint density at radius 2 is 1.58 bits per heavy atom. The van der Waals surface area contributed by atoms with Crippen LogP contribution in [-0.2, 0) is 13.1 Å². The van der Waals surface area contributed by atoms with Gasteiger partial charge in [-0.3, -0.25) is 4.90 Å². The summed E-state index contributed by atoms with van der Waals surface area (Å²) in [6.07, 6.45) is 0. The highest BCUT2D eigenvalue weighted by atomic mass is 35.5. The van der Waals surface area contributed by atoms with E-state index in [1.54, 1.807) is 0 Å². The highest BCUT2D eigenvalue weighted by Crippen LogP contribution is 2.29. The lowest BCUT2D eigenvalue weighted by Gasteiger charge is -2.29. The molecule has 1 heterocycles. The topological polar surface area (TPSA) is 24.5 Å². The number of nitrogens with one attached hydrogen (secondary N) is 1. The van der Waals surface area contributed by atoms with Crippen molar-refractivity contribution in [3.05, 3.63) is 76.8 Å². The molecule has 0 unspecified atom stereocenters. The summed E-state index contributed by atoms with van der Waals surface area (Å²) < 4.78 is 5.70. The van der Waals surface area contributed by atoms with Gasteiger partial charge in [0.1, 0.15) is 12.4 Å². The Morgan fingerprint density at radius 1 is 0.885 bits per heavy atom. The maximum atomic E-state index is 5.87. The third-order valence-electron chi connectivity index (χ3n) is 4.83. The van der Waals surface area contributed by atoms with Crippen molar-refractivity contribution in [2.75, 3.05) is 26.2 Å². The first-order chi connectivity index (χ1) is 12.8. The number of hydrogen-bond acceptors (Lipinski definition) is 3. The Bertz CT molecular complexity index is 838. The maximum absolute atomic E-state index is 5.87. The van der Waals surface area contributed by atoms with E-state index in [2.05, 4.69) is 46.6 Å². The summed E-state index contributed by atoms with van der Waals surface area (Å²) in [5.41, 5.74) is 2.88. The van der Waals surface area contributed by atoms with Gasteiger partial charge in [-0.25, -0.2) is 0 Å². The van der Waals surface area contributed by atoms with Crippen molar-refractivity contribution in [1.82, 2.24) is 10.2 Å². The molecule has 4 heteroatoms. The molecular formula is C22H23ClN2O. The first-order valence-corrected chi connectivity index (χ1v) is 9.48. The molecule has 0 saturated heterocycles. The number of rotatable bonds is 7. The van der Waals surface area contributed by atoms with Crippen LogP contribution in [0.3, 0.4) is 0 Å². The lowest BCUT2D eigenvalue weighted by atomic mass is 9.95. The fraction of sp³-hybridized carbons (Fsp3) is 0.273. The van der Waals surface area contributed by atoms with Crippen LogP contribution in [0, 0.1) is 0 Å². The van der Waals surface area contributed by atoms with Gasteiger partial charge in [-0.1, -0.05) is 48.0 Å². The van der Waals surface area contributed by atoms with Gasteiger partial charge in [0.2, 0.25) is 0 Å². The summed E-state index contributed by atoms with van der Waals surface area (Å²) >= 11 is 5.87. The molecule has 1 aliphatic heterocycles. The van der Waals surface area contributed by atoms with Gasteiger partial charge in [-0.15, -0.1) is 0 Å². The summed E-state index contributed by atoms with van der Waals surface area (Å²) in [5, 5.41) is 7.01. The molecule has 0 spiro atoms. The van der Waals surface area contributed by atoms with Crippen LogP contribution in [0.2, 0.25) is 5.02 Å². The number of ether oxygens (including phenoxy) is 1. The molecule has 0 atom stereocenters. The van der Waals surface area contributed by atoms with E-state index in [4.69, 9.17) is 16.3 Å². The summed E-state index contributed by atoms with van der Waals surface area (Å²) in [7, 11) is 0. The molecule has 1 aliphatic rings. The average Bonchev–Trinajstić information content (AvgIpc) is 2.66. The smallest absolute Gasteiger partial charge is 0.119 e. The average molecular weight is 367 g/mol. The van der Waals surface area contributed by atoms with E-state index in [1.165, 1.54) is 21.9 Å². The summed E-state index contributed by atoms with van der Waals surface area (Å²) in [6, 6.07) is 20.7. The zero-order chi connectivity index (χ0) is 17.8. The fourth-order valence-electron chi connectivity index (χ4n) is 3.60. The van der Waals surface area contributed by atoms with E-state index in [0.29, 0.717) is 6.61 Å². The lowest BCUT2D eigenvalue weighted by Crippen LogP contribution is -2.34. The molecule has 0 fully saturated rings. The van der Waals surface area contributed by atoms with Crippen LogP contribution in [0.15, 0.2) is 60.7 Å². The van der Waals surface area contributed by atoms with E-state index >= 15 is 0 Å². The van der Waals surface area contributed by atoms with Gasteiger partial charge in [0.15, 0.2) is 0 Å². The molecule has 0 aromatic heterocycles. The third kappa shape index (κ3) is 4.01. The van der Waals surface area contributed by atoms with Gasteiger partial charge >= 0.3 is 0 Å². The van der Waals surface area contributed by atoms with Crippen LogP contribution >= 0.6 is 11.6 Å². The monoisotopic (exact) mass is 366 g/mol. The second kappa shape index (κ2) is 8.09. The first kappa shape index (κ1) is 17.3. The molecule has 4 rings (SSSR count). The Labute approximate surface area is 159 Å². The molecular weight excluding hydrogens is 344 g/mol. The molecule has 3 aromatic rings. The zero-order valence-corrected chi connectivity index (χ0v) is 15.5. The predicted octanol–water partition coefficient (Wildman–Crippen LogP) is 4.48. The van der Waals surface area contributed by atoms with Crippen molar-refractivity contribution in [3.8, 4) is 5.75 Å². The molecule has 26 heavy (non-hydrogen) atoms. The quantitative estimate of drug-likeness (QED) is 0.624. The Hall–Kier alpha value is -2.07. The second-order valence-electron chi connectivity index (χ2n) is 6.70. The lowest BCUT2D eigenvalue weighted by molar-refractivity contribution is 0.247. The largest absolute Gasteiger partial charge is 0.492 e. The highest BCUT2D eigenvalue weighted by molar-refractivity contribution is 6.30. The first-order valence-electron chi connectivity index (χ1n) is 9.10. The van der Waals surface area contributed by atoms with Gasteiger partial charge in [-0.05, 0) is 46.2 Å². The summed E-state index contributed by atoms with van der Waals surface area (Å²) in [4.78, 5) is 2.50. The molecule has 0 amide bonds. The number of hydrogen-bond donors (Lipinski definition) is 1. The Balaban J connectivity index is 1.22. The van der Waals surface area contributed by atoms with Crippen LogP contribution in [0.5, 0.6) is 5.75 Å². The Morgan fingerprint density at radius 3 is 2.27 bits per heavy atom. The number of halogens is 1. The second-order valence-corrected chi connectivity index (χ2v) is 7.13. The van der Waals surface area contributed by atoms with Crippen LogP contribution < -0.4 is 10.1 Å². The molecule has 1 N–H and O–H groups in total. The molecule has 134 valence electrons. The van der Waals surface area contributed by atoms with Crippen LogP contribution in [0.1, 0.15) is 11.1 Å². The SMILES string of the molecule is Clc1ccc(OCCNCCN2Cc3cccc4cccc(c34)C2)cc1. The van der Waals surface area contributed by atoms with Crippen molar-refractivity contribution in [2.24, 2.45) is 0 Å². The molecule has 0 bridgehead atoms. The summed E-state index contributed by atoms with van der Waals surface area (Å²) in [6.45, 7) is 5.54. The number of benzene rings is 3. The highest BCUT2D eigenvalue weighted by Gasteiger charge is 2.17. The van der Waals surface area contributed by atoms with E-state index in [9.17, 15) is 0 Å². The fourth-order valence-corrected chi connectivity index (χ4v) is 3.72. The van der Waals surface area contributed by atoms with Crippen molar-refractivity contribution in [2.45, 2.75) is 13.1 Å². The minimum Gasteiger partial charge on any atom is -0.492 e. The molecule has 3 aromatic carbocycles. The molecule has 0 aliphatic carbocycles. The van der Waals surface area contributed by atoms with Crippen LogP contribution in [-0.4, -0.2) is 31.1 Å². The van der Waals surface area contributed by atoms with Gasteiger partial charge in [0, 0.05) is 37.7 Å². The van der Waals surface area contributed by atoms with Crippen LogP contribution in [0.4, 0.5) is 0 Å². The van der Waals surface area contributed by atoms with E-state index in [0.717, 1.165) is 43.5 Å². The predicted molar refractivity (Wildman–Crippen MR) is 108 cm³/mol. The molecule has 3 nitrogen and oxygen atoms in total. The summed E-state index contributed by atoms with van der Waals surface area (Å²) in [5.74, 6) is 0.858. The van der Waals surface area contributed by atoms with Crippen LogP contribution in [0.25, 0.3) is 10.8 Å². The van der Waals surface area contributed by atoms with Gasteiger partial charge in [-0.2, -0.15) is 0 Å². The van der Waals surface area contributed by atoms with E-state index in [1.807, 2.05) is 24.3 Å².